The van der Waals surface area contributed by atoms with E-state index in [0.29, 0.717) is 5.69 Å². The summed E-state index contributed by atoms with van der Waals surface area (Å²) < 4.78 is 0. The van der Waals surface area contributed by atoms with Crippen LogP contribution in [0.25, 0.3) is 0 Å². The van der Waals surface area contributed by atoms with Gasteiger partial charge in [0.1, 0.15) is 6.54 Å². The van der Waals surface area contributed by atoms with Crippen LogP contribution in [0.5, 0.6) is 0 Å². The molecule has 0 fully saturated rings. The Kier molecular flexibility index (Phi) is 3.72. The molecular formula is C15H13N3. The SMILES string of the molecule is N#CC/N=C(\c1ccccc1)c1ccccc1N. The average Bonchev–Trinajstić information content (AvgIpc) is 2.42. The number of hydrogen-bond donors (Lipinski definition) is 1. The van der Waals surface area contributed by atoms with Crippen LogP contribution >= 0.6 is 0 Å². The Hall–Kier alpha value is -2.60. The fraction of sp³-hybridized carbons (Fsp3) is 0.0667. The third kappa shape index (κ3) is 2.55. The van der Waals surface area contributed by atoms with E-state index >= 15 is 0 Å². The second-order valence-corrected chi connectivity index (χ2v) is 3.78. The lowest BCUT2D eigenvalue weighted by molar-refractivity contribution is 1.23. The summed E-state index contributed by atoms with van der Waals surface area (Å²) in [4.78, 5) is 4.32. The summed E-state index contributed by atoms with van der Waals surface area (Å²) in [7, 11) is 0. The zero-order valence-electron chi connectivity index (χ0n) is 9.88. The summed E-state index contributed by atoms with van der Waals surface area (Å²) in [6, 6.07) is 19.3. The highest BCUT2D eigenvalue weighted by atomic mass is 14.7. The number of para-hydroxylation sites is 1. The number of benzene rings is 2. The Morgan fingerprint density at radius 3 is 2.39 bits per heavy atom. The zero-order valence-corrected chi connectivity index (χ0v) is 9.88. The fourth-order valence-electron chi connectivity index (χ4n) is 1.76. The first-order chi connectivity index (χ1) is 8.83. The van der Waals surface area contributed by atoms with Gasteiger partial charge in [-0.05, 0) is 6.07 Å². The molecule has 2 aromatic rings. The number of nitrogen functional groups attached to an aromatic ring is 1. The van der Waals surface area contributed by atoms with Gasteiger partial charge in [-0.3, -0.25) is 4.99 Å². The van der Waals surface area contributed by atoms with Gasteiger partial charge in [-0.15, -0.1) is 0 Å². The molecule has 0 atom stereocenters. The number of nitriles is 1. The second-order valence-electron chi connectivity index (χ2n) is 3.78. The second kappa shape index (κ2) is 5.65. The van der Waals surface area contributed by atoms with Gasteiger partial charge in [0.05, 0.1) is 11.8 Å². The van der Waals surface area contributed by atoms with Gasteiger partial charge < -0.3 is 5.73 Å². The van der Waals surface area contributed by atoms with E-state index in [4.69, 9.17) is 11.0 Å². The van der Waals surface area contributed by atoms with Crippen molar-refractivity contribution in [3.8, 4) is 6.07 Å². The van der Waals surface area contributed by atoms with Gasteiger partial charge in [-0.1, -0.05) is 48.5 Å². The largest absolute Gasteiger partial charge is 0.398 e. The summed E-state index contributed by atoms with van der Waals surface area (Å²) >= 11 is 0. The highest BCUT2D eigenvalue weighted by Crippen LogP contribution is 2.17. The first-order valence-electron chi connectivity index (χ1n) is 5.64. The molecule has 3 nitrogen and oxygen atoms in total. The Morgan fingerprint density at radius 1 is 1.06 bits per heavy atom. The van der Waals surface area contributed by atoms with E-state index in [1.807, 2.05) is 60.7 Å². The third-order valence-electron chi connectivity index (χ3n) is 2.57. The van der Waals surface area contributed by atoms with Crippen molar-refractivity contribution in [2.45, 2.75) is 0 Å². The monoisotopic (exact) mass is 235 g/mol. The number of nitrogens with zero attached hydrogens (tertiary/aromatic N) is 2. The molecule has 88 valence electrons. The lowest BCUT2D eigenvalue weighted by atomic mass is 10.0. The quantitative estimate of drug-likeness (QED) is 0.505. The van der Waals surface area contributed by atoms with E-state index in [1.54, 1.807) is 0 Å². The van der Waals surface area contributed by atoms with Crippen molar-refractivity contribution in [1.29, 1.82) is 5.26 Å². The number of nitrogens with two attached hydrogens (primary N) is 1. The minimum Gasteiger partial charge on any atom is -0.398 e. The zero-order chi connectivity index (χ0) is 12.8. The molecule has 0 saturated carbocycles. The van der Waals surface area contributed by atoms with Gasteiger partial charge in [0, 0.05) is 16.8 Å². The maximum Gasteiger partial charge on any atom is 0.126 e. The van der Waals surface area contributed by atoms with Crippen molar-refractivity contribution in [2.24, 2.45) is 4.99 Å². The molecule has 0 spiro atoms. The Balaban J connectivity index is 2.52. The molecule has 0 aliphatic carbocycles. The van der Waals surface area contributed by atoms with E-state index in [-0.39, 0.29) is 6.54 Å². The van der Waals surface area contributed by atoms with Crippen LogP contribution in [0.1, 0.15) is 11.1 Å². The molecule has 0 radical (unpaired) electrons. The molecule has 2 rings (SSSR count). The predicted octanol–water partition coefficient (Wildman–Crippen LogP) is 2.63. The Bertz CT molecular complexity index is 595. The summed E-state index contributed by atoms with van der Waals surface area (Å²) in [5.41, 5.74) is 9.21. The molecule has 0 amide bonds. The minimum atomic E-state index is 0.124. The maximum atomic E-state index is 8.69. The fourth-order valence-corrected chi connectivity index (χ4v) is 1.76. The van der Waals surface area contributed by atoms with Crippen LogP contribution in [0.4, 0.5) is 5.69 Å². The first-order valence-corrected chi connectivity index (χ1v) is 5.64. The van der Waals surface area contributed by atoms with Crippen molar-refractivity contribution in [3.05, 3.63) is 65.7 Å². The number of anilines is 1. The molecule has 18 heavy (non-hydrogen) atoms. The van der Waals surface area contributed by atoms with E-state index < -0.39 is 0 Å². The molecule has 3 heteroatoms. The number of rotatable bonds is 3. The van der Waals surface area contributed by atoms with E-state index in [0.717, 1.165) is 16.8 Å². The summed E-state index contributed by atoms with van der Waals surface area (Å²) in [6.07, 6.45) is 0. The molecule has 0 aromatic heterocycles. The van der Waals surface area contributed by atoms with Crippen LogP contribution in [0.15, 0.2) is 59.6 Å². The lowest BCUT2D eigenvalue weighted by Gasteiger charge is -2.09. The van der Waals surface area contributed by atoms with Gasteiger partial charge in [0.2, 0.25) is 0 Å². The van der Waals surface area contributed by atoms with Crippen LogP contribution in [-0.2, 0) is 0 Å². The first kappa shape index (κ1) is 11.9. The van der Waals surface area contributed by atoms with Crippen LogP contribution in [-0.4, -0.2) is 12.3 Å². The molecular weight excluding hydrogens is 222 g/mol. The van der Waals surface area contributed by atoms with E-state index in [2.05, 4.69) is 4.99 Å². The summed E-state index contributed by atoms with van der Waals surface area (Å²) in [5.74, 6) is 0. The lowest BCUT2D eigenvalue weighted by Crippen LogP contribution is -2.07. The van der Waals surface area contributed by atoms with Gasteiger partial charge in [0.15, 0.2) is 0 Å². The van der Waals surface area contributed by atoms with Crippen LogP contribution < -0.4 is 5.73 Å². The van der Waals surface area contributed by atoms with Crippen molar-refractivity contribution in [2.75, 3.05) is 12.3 Å². The van der Waals surface area contributed by atoms with E-state index in [1.165, 1.54) is 0 Å². The number of hydrogen-bond acceptors (Lipinski definition) is 3. The van der Waals surface area contributed by atoms with Crippen LogP contribution in [0.2, 0.25) is 0 Å². The standard InChI is InChI=1S/C15H13N3/c16-10-11-18-15(12-6-2-1-3-7-12)13-8-4-5-9-14(13)17/h1-9H,11,17H2/b18-15+. The molecule has 0 aliphatic rings. The Morgan fingerprint density at radius 2 is 1.72 bits per heavy atom. The van der Waals surface area contributed by atoms with Crippen molar-refractivity contribution >= 4 is 11.4 Å². The van der Waals surface area contributed by atoms with Crippen LogP contribution in [0.3, 0.4) is 0 Å². The summed E-state index contributed by atoms with van der Waals surface area (Å²) in [5, 5.41) is 8.69. The van der Waals surface area contributed by atoms with Crippen molar-refractivity contribution in [3.63, 3.8) is 0 Å². The minimum absolute atomic E-state index is 0.124. The smallest absolute Gasteiger partial charge is 0.126 e. The van der Waals surface area contributed by atoms with Gasteiger partial charge in [0.25, 0.3) is 0 Å². The Labute approximate surface area is 106 Å². The number of aliphatic imine (C=N–C) groups is 1. The normalized spacial score (nSPS) is 10.9. The van der Waals surface area contributed by atoms with Crippen molar-refractivity contribution in [1.82, 2.24) is 0 Å². The molecule has 0 aliphatic heterocycles. The third-order valence-corrected chi connectivity index (χ3v) is 2.57. The highest BCUT2D eigenvalue weighted by molar-refractivity contribution is 6.15. The van der Waals surface area contributed by atoms with Crippen molar-refractivity contribution < 1.29 is 0 Å². The average molecular weight is 235 g/mol. The topological polar surface area (TPSA) is 62.2 Å². The maximum absolute atomic E-state index is 8.69. The molecule has 2 aromatic carbocycles. The van der Waals surface area contributed by atoms with Gasteiger partial charge >= 0.3 is 0 Å². The van der Waals surface area contributed by atoms with Gasteiger partial charge in [-0.25, -0.2) is 0 Å². The molecule has 2 N–H and O–H groups in total. The van der Waals surface area contributed by atoms with Crippen LogP contribution in [0, 0.1) is 11.3 Å². The molecule has 0 bridgehead atoms. The molecule has 0 heterocycles. The summed E-state index contributed by atoms with van der Waals surface area (Å²) in [6.45, 7) is 0.124. The highest BCUT2D eigenvalue weighted by Gasteiger charge is 2.08. The van der Waals surface area contributed by atoms with E-state index in [9.17, 15) is 0 Å². The van der Waals surface area contributed by atoms with Gasteiger partial charge in [-0.2, -0.15) is 5.26 Å². The molecule has 0 saturated heterocycles. The molecule has 0 unspecified atom stereocenters. The predicted molar refractivity (Wildman–Crippen MR) is 73.4 cm³/mol.